The molecular weight excluding hydrogens is 300 g/mol. The van der Waals surface area contributed by atoms with Crippen LogP contribution in [0.3, 0.4) is 0 Å². The predicted octanol–water partition coefficient (Wildman–Crippen LogP) is 1.13. The zero-order chi connectivity index (χ0) is 17.0. The van der Waals surface area contributed by atoms with Crippen molar-refractivity contribution < 1.29 is 24.1 Å². The molecule has 7 nitrogen and oxygen atoms in total. The van der Waals surface area contributed by atoms with Crippen molar-refractivity contribution in [2.75, 3.05) is 41.0 Å². The lowest BCUT2D eigenvalue weighted by Gasteiger charge is -2.38. The number of piperazine rings is 1. The molecule has 2 atom stereocenters. The Hall–Kier alpha value is -1.99. The highest BCUT2D eigenvalue weighted by Gasteiger charge is 2.33. The van der Waals surface area contributed by atoms with Gasteiger partial charge < -0.3 is 24.6 Å². The molecule has 128 valence electrons. The molecule has 0 bridgehead atoms. The van der Waals surface area contributed by atoms with Crippen LogP contribution in [0.15, 0.2) is 12.1 Å². The Morgan fingerprint density at radius 2 is 1.87 bits per heavy atom. The van der Waals surface area contributed by atoms with Crippen LogP contribution in [0.1, 0.15) is 18.5 Å². The summed E-state index contributed by atoms with van der Waals surface area (Å²) in [4.78, 5) is 13.9. The van der Waals surface area contributed by atoms with Crippen molar-refractivity contribution in [2.45, 2.75) is 19.0 Å². The summed E-state index contributed by atoms with van der Waals surface area (Å²) in [6.45, 7) is 4.20. The normalized spacial score (nSPS) is 19.9. The lowest BCUT2D eigenvalue weighted by atomic mass is 10.0. The van der Waals surface area contributed by atoms with Gasteiger partial charge in [0.05, 0.1) is 21.3 Å². The fourth-order valence-corrected chi connectivity index (χ4v) is 2.98. The number of carboxylic acids is 1. The molecule has 1 aliphatic rings. The molecule has 1 aromatic carbocycles. The molecule has 1 saturated heterocycles. The average Bonchev–Trinajstić information content (AvgIpc) is 2.55. The Bertz CT molecular complexity index is 538. The number of carbonyl (C=O) groups is 1. The minimum atomic E-state index is -0.895. The van der Waals surface area contributed by atoms with Crippen LogP contribution in [0.4, 0.5) is 0 Å². The molecule has 0 aliphatic carbocycles. The van der Waals surface area contributed by atoms with Gasteiger partial charge in [0, 0.05) is 25.7 Å². The summed E-state index contributed by atoms with van der Waals surface area (Å²) in [7, 11) is 4.56. The number of methoxy groups -OCH3 is 3. The first-order valence-corrected chi connectivity index (χ1v) is 7.52. The number of ether oxygens (including phenoxy) is 3. The van der Waals surface area contributed by atoms with Crippen LogP contribution >= 0.6 is 0 Å². The molecule has 1 aromatic rings. The van der Waals surface area contributed by atoms with Crippen LogP contribution in [0.2, 0.25) is 0 Å². The summed E-state index contributed by atoms with van der Waals surface area (Å²) < 4.78 is 16.0. The second-order valence-electron chi connectivity index (χ2n) is 5.49. The fourth-order valence-electron chi connectivity index (χ4n) is 2.98. The van der Waals surface area contributed by atoms with Crippen molar-refractivity contribution in [1.82, 2.24) is 10.2 Å². The highest BCUT2D eigenvalue weighted by atomic mass is 16.5. The number of nitrogens with one attached hydrogen (secondary N) is 1. The highest BCUT2D eigenvalue weighted by Crippen LogP contribution is 2.41. The van der Waals surface area contributed by atoms with E-state index < -0.39 is 12.0 Å². The SMILES string of the molecule is COc1cc(C(C(=O)O)N2CCNCC2C)cc(OC)c1OC. The molecule has 0 spiro atoms. The molecule has 1 heterocycles. The van der Waals surface area contributed by atoms with Gasteiger partial charge in [0.2, 0.25) is 5.75 Å². The van der Waals surface area contributed by atoms with E-state index in [2.05, 4.69) is 5.32 Å². The third-order valence-corrected chi connectivity index (χ3v) is 4.12. The van der Waals surface area contributed by atoms with E-state index in [9.17, 15) is 9.90 Å². The monoisotopic (exact) mass is 324 g/mol. The molecular formula is C16H24N2O5. The summed E-state index contributed by atoms with van der Waals surface area (Å²) >= 11 is 0. The van der Waals surface area contributed by atoms with E-state index in [1.165, 1.54) is 21.3 Å². The lowest BCUT2D eigenvalue weighted by Crippen LogP contribution is -2.52. The van der Waals surface area contributed by atoms with Crippen LogP contribution in [-0.2, 0) is 4.79 Å². The first kappa shape index (κ1) is 17.4. The van der Waals surface area contributed by atoms with E-state index in [0.29, 0.717) is 29.4 Å². The molecule has 2 unspecified atom stereocenters. The van der Waals surface area contributed by atoms with Crippen LogP contribution < -0.4 is 19.5 Å². The minimum Gasteiger partial charge on any atom is -0.493 e. The lowest BCUT2D eigenvalue weighted by molar-refractivity contribution is -0.145. The van der Waals surface area contributed by atoms with E-state index in [4.69, 9.17) is 14.2 Å². The topological polar surface area (TPSA) is 80.3 Å². The number of aliphatic carboxylic acids is 1. The molecule has 0 aromatic heterocycles. The van der Waals surface area contributed by atoms with Gasteiger partial charge in [0.25, 0.3) is 0 Å². The Morgan fingerprint density at radius 3 is 2.30 bits per heavy atom. The molecule has 0 saturated carbocycles. The summed E-state index contributed by atoms with van der Waals surface area (Å²) in [5.41, 5.74) is 0.612. The van der Waals surface area contributed by atoms with Crippen LogP contribution in [0, 0.1) is 0 Å². The second-order valence-corrected chi connectivity index (χ2v) is 5.49. The van der Waals surface area contributed by atoms with E-state index in [-0.39, 0.29) is 6.04 Å². The van der Waals surface area contributed by atoms with Crippen LogP contribution in [0.25, 0.3) is 0 Å². The quantitative estimate of drug-likeness (QED) is 0.812. The maximum Gasteiger partial charge on any atom is 0.325 e. The third-order valence-electron chi connectivity index (χ3n) is 4.12. The highest BCUT2D eigenvalue weighted by molar-refractivity contribution is 5.76. The first-order valence-electron chi connectivity index (χ1n) is 7.52. The van der Waals surface area contributed by atoms with Gasteiger partial charge in [0.15, 0.2) is 11.5 Å². The molecule has 1 fully saturated rings. The fraction of sp³-hybridized carbons (Fsp3) is 0.562. The van der Waals surface area contributed by atoms with Gasteiger partial charge in [-0.1, -0.05) is 0 Å². The number of carboxylic acid groups (broad SMARTS) is 1. The van der Waals surface area contributed by atoms with Gasteiger partial charge in [-0.3, -0.25) is 9.69 Å². The van der Waals surface area contributed by atoms with Crippen molar-refractivity contribution in [3.05, 3.63) is 17.7 Å². The van der Waals surface area contributed by atoms with Gasteiger partial charge in [-0.15, -0.1) is 0 Å². The summed E-state index contributed by atoms with van der Waals surface area (Å²) in [5, 5.41) is 13.0. The maximum atomic E-state index is 11.9. The van der Waals surface area contributed by atoms with Crippen molar-refractivity contribution in [3.63, 3.8) is 0 Å². The average molecular weight is 324 g/mol. The van der Waals surface area contributed by atoms with Gasteiger partial charge in [-0.2, -0.15) is 0 Å². The summed E-state index contributed by atoms with van der Waals surface area (Å²) in [6, 6.07) is 2.76. The smallest absolute Gasteiger partial charge is 0.325 e. The number of hydrogen-bond acceptors (Lipinski definition) is 6. The molecule has 0 amide bonds. The number of nitrogens with zero attached hydrogens (tertiary/aromatic N) is 1. The number of benzene rings is 1. The van der Waals surface area contributed by atoms with Gasteiger partial charge in [0.1, 0.15) is 6.04 Å². The Kier molecular flexibility index (Phi) is 5.68. The first-order chi connectivity index (χ1) is 11.0. The van der Waals surface area contributed by atoms with Crippen molar-refractivity contribution >= 4 is 5.97 Å². The Balaban J connectivity index is 2.48. The molecule has 7 heteroatoms. The van der Waals surface area contributed by atoms with Crippen molar-refractivity contribution in [2.24, 2.45) is 0 Å². The van der Waals surface area contributed by atoms with Gasteiger partial charge in [-0.25, -0.2) is 0 Å². The van der Waals surface area contributed by atoms with Crippen molar-refractivity contribution in [3.8, 4) is 17.2 Å². The van der Waals surface area contributed by atoms with E-state index >= 15 is 0 Å². The largest absolute Gasteiger partial charge is 0.493 e. The standard InChI is InChI=1S/C16H24N2O5/c1-10-9-17-5-6-18(10)14(16(19)20)11-7-12(21-2)15(23-4)13(8-11)22-3/h7-8,10,14,17H,5-6,9H2,1-4H3,(H,19,20). The zero-order valence-electron chi connectivity index (χ0n) is 14.0. The number of rotatable bonds is 6. The van der Waals surface area contributed by atoms with Gasteiger partial charge >= 0.3 is 5.97 Å². The Labute approximate surface area is 136 Å². The zero-order valence-corrected chi connectivity index (χ0v) is 14.0. The molecule has 2 rings (SSSR count). The molecule has 1 aliphatic heterocycles. The number of hydrogen-bond donors (Lipinski definition) is 2. The maximum absolute atomic E-state index is 11.9. The van der Waals surface area contributed by atoms with Crippen LogP contribution in [0.5, 0.6) is 17.2 Å². The molecule has 2 N–H and O–H groups in total. The van der Waals surface area contributed by atoms with E-state index in [0.717, 1.165) is 13.1 Å². The van der Waals surface area contributed by atoms with E-state index in [1.54, 1.807) is 12.1 Å². The third kappa shape index (κ3) is 3.51. The second kappa shape index (κ2) is 7.52. The van der Waals surface area contributed by atoms with Crippen molar-refractivity contribution in [1.29, 1.82) is 0 Å². The van der Waals surface area contributed by atoms with Gasteiger partial charge in [-0.05, 0) is 24.6 Å². The predicted molar refractivity (Wildman–Crippen MR) is 85.5 cm³/mol. The molecule has 23 heavy (non-hydrogen) atoms. The summed E-state index contributed by atoms with van der Waals surface area (Å²) in [6.07, 6.45) is 0. The van der Waals surface area contributed by atoms with Crippen LogP contribution in [-0.4, -0.2) is 63.0 Å². The molecule has 0 radical (unpaired) electrons. The Morgan fingerprint density at radius 1 is 1.26 bits per heavy atom. The minimum absolute atomic E-state index is 0.115. The summed E-state index contributed by atoms with van der Waals surface area (Å²) in [5.74, 6) is 0.469. The van der Waals surface area contributed by atoms with E-state index in [1.807, 2.05) is 11.8 Å².